The van der Waals surface area contributed by atoms with Crippen LogP contribution in [0.3, 0.4) is 0 Å². The van der Waals surface area contributed by atoms with Crippen LogP contribution in [0.4, 0.5) is 0 Å². The molecule has 3 aliphatic heterocycles. The molecule has 7 atom stereocenters. The fourth-order valence-corrected chi connectivity index (χ4v) is 12.2. The van der Waals surface area contributed by atoms with Gasteiger partial charge in [-0.2, -0.15) is 0 Å². The van der Waals surface area contributed by atoms with E-state index in [1.165, 1.54) is 88.9 Å². The zero-order valence-electron chi connectivity index (χ0n) is 34.6. The molecule has 2 aromatic rings. The number of rotatable bonds is 6. The summed E-state index contributed by atoms with van der Waals surface area (Å²) in [5.74, 6) is 3.77. The van der Waals surface area contributed by atoms with Gasteiger partial charge in [-0.25, -0.2) is 4.99 Å². The van der Waals surface area contributed by atoms with E-state index in [4.69, 9.17) is 9.73 Å². The molecule has 0 amide bonds. The first-order chi connectivity index (χ1) is 29.7. The number of nitrogens with one attached hydrogen (secondary N) is 1. The minimum Gasteiger partial charge on any atom is -0.485 e. The Morgan fingerprint density at radius 3 is 2.50 bits per heavy atom. The molecule has 7 unspecified atom stereocenters. The van der Waals surface area contributed by atoms with Crippen LogP contribution in [0.25, 0.3) is 5.76 Å². The van der Waals surface area contributed by atoms with Crippen molar-refractivity contribution in [2.24, 2.45) is 16.8 Å². The lowest BCUT2D eigenvalue weighted by molar-refractivity contribution is 0.186. The van der Waals surface area contributed by atoms with Gasteiger partial charge in [-0.3, -0.25) is 0 Å². The summed E-state index contributed by atoms with van der Waals surface area (Å²) in [6, 6.07) is 19.1. The zero-order chi connectivity index (χ0) is 39.6. The Kier molecular flexibility index (Phi) is 9.15. The van der Waals surface area contributed by atoms with Crippen molar-refractivity contribution in [2.75, 3.05) is 0 Å². The molecule has 0 fully saturated rings. The van der Waals surface area contributed by atoms with E-state index in [2.05, 4.69) is 150 Å². The molecule has 60 heavy (non-hydrogen) atoms. The SMILES string of the molecule is C1=CCCC(C2=CC(c3cccc(C4C=C(C5CC6=C(OC7C=CC=C(N8C9=C(CCC=C9)C9CCC=CC98)C67)c6ccccc65)CCC4)c3)NC(C3=CC=CCC3)=N2)=C1. The molecule has 0 aromatic heterocycles. The van der Waals surface area contributed by atoms with Crippen LogP contribution in [0.15, 0.2) is 190 Å². The van der Waals surface area contributed by atoms with Gasteiger partial charge in [0.1, 0.15) is 17.7 Å². The third kappa shape index (κ3) is 6.20. The number of hydrogen-bond acceptors (Lipinski definition) is 4. The number of amidine groups is 1. The Morgan fingerprint density at radius 1 is 0.733 bits per heavy atom. The van der Waals surface area contributed by atoms with Crippen molar-refractivity contribution < 1.29 is 4.74 Å². The third-order valence-electron chi connectivity index (χ3n) is 15.1. The summed E-state index contributed by atoms with van der Waals surface area (Å²) in [5, 5.41) is 3.88. The highest BCUT2D eigenvalue weighted by Gasteiger charge is 2.49. The molecule has 12 rings (SSSR count). The lowest BCUT2D eigenvalue weighted by atomic mass is 9.70. The number of aliphatic imine (C=N–C) groups is 1. The zero-order valence-corrected chi connectivity index (χ0v) is 34.6. The highest BCUT2D eigenvalue weighted by atomic mass is 16.5. The second-order valence-electron chi connectivity index (χ2n) is 18.4. The van der Waals surface area contributed by atoms with E-state index in [-0.39, 0.29) is 18.1 Å². The molecule has 7 aliphatic carbocycles. The van der Waals surface area contributed by atoms with Gasteiger partial charge in [-0.05, 0) is 140 Å². The van der Waals surface area contributed by atoms with Crippen LogP contribution in [-0.4, -0.2) is 22.9 Å². The average molecular weight is 786 g/mol. The lowest BCUT2D eigenvalue weighted by Gasteiger charge is -2.39. The quantitative estimate of drug-likeness (QED) is 0.296. The predicted molar refractivity (Wildman–Crippen MR) is 245 cm³/mol. The Labute approximate surface area is 356 Å². The molecule has 0 radical (unpaired) electrons. The lowest BCUT2D eigenvalue weighted by Crippen LogP contribution is -2.38. The van der Waals surface area contributed by atoms with Gasteiger partial charge >= 0.3 is 0 Å². The monoisotopic (exact) mass is 785 g/mol. The molecule has 0 saturated heterocycles. The summed E-state index contributed by atoms with van der Waals surface area (Å²) in [7, 11) is 0. The number of ether oxygens (including phenoxy) is 1. The van der Waals surface area contributed by atoms with E-state index in [1.54, 1.807) is 11.1 Å². The molecule has 0 bridgehead atoms. The molecule has 4 nitrogen and oxygen atoms in total. The summed E-state index contributed by atoms with van der Waals surface area (Å²) in [4.78, 5) is 7.97. The van der Waals surface area contributed by atoms with Crippen LogP contribution in [0.2, 0.25) is 0 Å². The van der Waals surface area contributed by atoms with E-state index in [0.717, 1.165) is 55.8 Å². The van der Waals surface area contributed by atoms with Crippen molar-refractivity contribution in [3.8, 4) is 0 Å². The first-order valence-electron chi connectivity index (χ1n) is 23.1. The van der Waals surface area contributed by atoms with E-state index >= 15 is 0 Å². The maximum atomic E-state index is 7.07. The molecule has 0 saturated carbocycles. The van der Waals surface area contributed by atoms with Gasteiger partial charge in [-0.1, -0.05) is 121 Å². The van der Waals surface area contributed by atoms with E-state index in [1.807, 2.05) is 0 Å². The molecule has 2 aromatic carbocycles. The number of allylic oxidation sites excluding steroid dienone is 14. The molecule has 3 heterocycles. The van der Waals surface area contributed by atoms with Crippen LogP contribution >= 0.6 is 0 Å². The number of fused-ring (bicyclic) bond motifs is 6. The Morgan fingerprint density at radius 2 is 1.60 bits per heavy atom. The highest BCUT2D eigenvalue weighted by Crippen LogP contribution is 2.57. The second-order valence-corrected chi connectivity index (χ2v) is 18.4. The van der Waals surface area contributed by atoms with Crippen LogP contribution in [0.1, 0.15) is 117 Å². The van der Waals surface area contributed by atoms with Crippen molar-refractivity contribution in [2.45, 2.75) is 107 Å². The largest absolute Gasteiger partial charge is 0.485 e. The second kappa shape index (κ2) is 15.1. The number of benzene rings is 2. The van der Waals surface area contributed by atoms with E-state index < -0.39 is 0 Å². The third-order valence-corrected chi connectivity index (χ3v) is 15.1. The van der Waals surface area contributed by atoms with E-state index in [9.17, 15) is 0 Å². The normalized spacial score (nSPS) is 31.1. The molecule has 1 N–H and O–H groups in total. The van der Waals surface area contributed by atoms with Crippen LogP contribution in [-0.2, 0) is 4.74 Å². The van der Waals surface area contributed by atoms with Crippen LogP contribution < -0.4 is 5.32 Å². The summed E-state index contributed by atoms with van der Waals surface area (Å²) < 4.78 is 7.07. The molecule has 300 valence electrons. The van der Waals surface area contributed by atoms with Crippen LogP contribution in [0, 0.1) is 11.8 Å². The summed E-state index contributed by atoms with van der Waals surface area (Å²) in [6.07, 6.45) is 48.9. The van der Waals surface area contributed by atoms with Gasteiger partial charge in [0.15, 0.2) is 0 Å². The minimum atomic E-state index is 0.0335. The predicted octanol–water partition coefficient (Wildman–Crippen LogP) is 13.0. The fraction of sp³-hybridized carbons (Fsp3) is 0.339. The molecular weight excluding hydrogens is 731 g/mol. The summed E-state index contributed by atoms with van der Waals surface area (Å²) in [6.45, 7) is 0. The van der Waals surface area contributed by atoms with Gasteiger partial charge in [0.25, 0.3) is 0 Å². The smallest absolute Gasteiger partial charge is 0.130 e. The maximum Gasteiger partial charge on any atom is 0.130 e. The van der Waals surface area contributed by atoms with Crippen molar-refractivity contribution in [3.63, 3.8) is 0 Å². The Bertz CT molecular complexity index is 2550. The van der Waals surface area contributed by atoms with Gasteiger partial charge in [0, 0.05) is 34.7 Å². The summed E-state index contributed by atoms with van der Waals surface area (Å²) in [5.41, 5.74) is 17.0. The Balaban J connectivity index is 0.865. The van der Waals surface area contributed by atoms with Crippen molar-refractivity contribution in [3.05, 3.63) is 207 Å². The van der Waals surface area contributed by atoms with Crippen LogP contribution in [0.5, 0.6) is 0 Å². The van der Waals surface area contributed by atoms with Crippen molar-refractivity contribution in [1.29, 1.82) is 0 Å². The van der Waals surface area contributed by atoms with Gasteiger partial charge < -0.3 is 15.0 Å². The van der Waals surface area contributed by atoms with Crippen molar-refractivity contribution >= 4 is 11.6 Å². The van der Waals surface area contributed by atoms with Gasteiger partial charge in [0.05, 0.1) is 23.7 Å². The standard InChI is InChI=1S/C56H55N3O/c1-3-16-36(17-4-1)48-35-49(58-56(57-48)37-18-5-2-6-19-37)41-23-14-21-39(33-41)38-20-13-22-40(32-38)46-34-47-54-52(30-15-31-53(54)60-55(47)45-27-8-7-24-42(45)46)59-50-28-11-9-25-43(50)44-26-10-12-29-51(44)59/h1-3,5,7-8,11-12,14-16,18,21,23-24,27-33,35,38,43,46,49-50,53-54H,4,6,9-10,13,17,19-20,22,25-26,34H2,(H,57,58). The highest BCUT2D eigenvalue weighted by molar-refractivity contribution is 6.00. The number of nitrogens with zero attached hydrogens (tertiary/aromatic N) is 2. The minimum absolute atomic E-state index is 0.0335. The Hall–Kier alpha value is -5.61. The fourth-order valence-electron chi connectivity index (χ4n) is 12.2. The average Bonchev–Trinajstić information content (AvgIpc) is 3.88. The molecule has 0 spiro atoms. The van der Waals surface area contributed by atoms with E-state index in [0.29, 0.717) is 23.8 Å². The first-order valence-corrected chi connectivity index (χ1v) is 23.1. The maximum absolute atomic E-state index is 7.07. The van der Waals surface area contributed by atoms with Crippen molar-refractivity contribution in [1.82, 2.24) is 10.2 Å². The number of hydrogen-bond donors (Lipinski definition) is 1. The van der Waals surface area contributed by atoms with Gasteiger partial charge in [-0.15, -0.1) is 0 Å². The first kappa shape index (κ1) is 36.3. The molecular formula is C56H55N3O. The summed E-state index contributed by atoms with van der Waals surface area (Å²) >= 11 is 0. The molecule has 10 aliphatic rings. The topological polar surface area (TPSA) is 36.9 Å². The molecule has 4 heteroatoms. The van der Waals surface area contributed by atoms with Gasteiger partial charge in [0.2, 0.25) is 0 Å².